The third kappa shape index (κ3) is 2.52. The Labute approximate surface area is 119 Å². The summed E-state index contributed by atoms with van der Waals surface area (Å²) in [5, 5.41) is 0. The molecule has 0 unspecified atom stereocenters. The van der Waals surface area contributed by atoms with Gasteiger partial charge in [0.15, 0.2) is 0 Å². The molecule has 1 aromatic rings. The molecule has 1 fully saturated rings. The molecule has 20 heavy (non-hydrogen) atoms. The molecule has 1 N–H and O–H groups in total. The topological polar surface area (TPSA) is 66.5 Å². The van der Waals surface area contributed by atoms with Gasteiger partial charge in [-0.25, -0.2) is 8.42 Å². The lowest BCUT2D eigenvalue weighted by molar-refractivity contribution is -0.119. The molecule has 0 spiro atoms. The molecule has 0 bridgehead atoms. The summed E-state index contributed by atoms with van der Waals surface area (Å²) in [7, 11) is -3.25. The molecule has 3 rings (SSSR count). The highest BCUT2D eigenvalue weighted by Crippen LogP contribution is 2.37. The molecular weight excluding hydrogens is 276 g/mol. The van der Waals surface area contributed by atoms with Crippen LogP contribution in [0.5, 0.6) is 0 Å². The maximum Gasteiger partial charge on any atom is 0.232 e. The second kappa shape index (κ2) is 4.77. The van der Waals surface area contributed by atoms with Gasteiger partial charge in [0.2, 0.25) is 15.9 Å². The number of amides is 1. The maximum atomic E-state index is 12.1. The zero-order valence-corrected chi connectivity index (χ0v) is 12.2. The number of nitrogens with one attached hydrogen (secondary N) is 1. The lowest BCUT2D eigenvalue weighted by atomic mass is 10.1. The third-order valence-corrected chi connectivity index (χ3v) is 5.13. The lowest BCUT2D eigenvalue weighted by Crippen LogP contribution is -2.30. The fraction of sp³-hybridized carbons (Fsp3) is 0.500. The van der Waals surface area contributed by atoms with Crippen LogP contribution >= 0.6 is 0 Å². The molecule has 1 aliphatic carbocycles. The van der Waals surface area contributed by atoms with Gasteiger partial charge >= 0.3 is 0 Å². The quantitative estimate of drug-likeness (QED) is 0.920. The van der Waals surface area contributed by atoms with Gasteiger partial charge in [-0.2, -0.15) is 0 Å². The van der Waals surface area contributed by atoms with E-state index < -0.39 is 10.0 Å². The van der Waals surface area contributed by atoms with E-state index in [9.17, 15) is 13.2 Å². The standard InChI is InChI=1S/C14H18N2O3S/c1-2-20(18,19)15-12-5-6-13-11(9-12)7-8-16(13)14(17)10-3-4-10/h5-6,9-10,15H,2-4,7-8H2,1H3. The molecule has 108 valence electrons. The van der Waals surface area contributed by atoms with Crippen LogP contribution in [0.15, 0.2) is 18.2 Å². The molecule has 1 amide bonds. The van der Waals surface area contributed by atoms with E-state index in [0.29, 0.717) is 12.2 Å². The van der Waals surface area contributed by atoms with Crippen LogP contribution in [0.25, 0.3) is 0 Å². The van der Waals surface area contributed by atoms with Crippen molar-refractivity contribution in [1.29, 1.82) is 0 Å². The normalized spacial score (nSPS) is 17.9. The van der Waals surface area contributed by atoms with Gasteiger partial charge < -0.3 is 4.90 Å². The first kappa shape index (κ1) is 13.4. The molecule has 1 heterocycles. The second-order valence-electron chi connectivity index (χ2n) is 5.36. The number of hydrogen-bond donors (Lipinski definition) is 1. The van der Waals surface area contributed by atoms with Crippen LogP contribution in [-0.4, -0.2) is 26.6 Å². The van der Waals surface area contributed by atoms with Gasteiger partial charge in [0.1, 0.15) is 0 Å². The minimum Gasteiger partial charge on any atom is -0.312 e. The van der Waals surface area contributed by atoms with Gasteiger partial charge in [-0.3, -0.25) is 9.52 Å². The zero-order chi connectivity index (χ0) is 14.3. The van der Waals surface area contributed by atoms with Gasteiger partial charge in [0.05, 0.1) is 5.75 Å². The van der Waals surface area contributed by atoms with Crippen molar-refractivity contribution in [3.05, 3.63) is 23.8 Å². The summed E-state index contributed by atoms with van der Waals surface area (Å²) in [4.78, 5) is 14.0. The SMILES string of the molecule is CCS(=O)(=O)Nc1ccc2c(c1)CCN2C(=O)C1CC1. The number of fused-ring (bicyclic) bond motifs is 1. The van der Waals surface area contributed by atoms with Crippen molar-refractivity contribution < 1.29 is 13.2 Å². The van der Waals surface area contributed by atoms with Crippen LogP contribution in [0.4, 0.5) is 11.4 Å². The van der Waals surface area contributed by atoms with Crippen molar-refractivity contribution in [2.75, 3.05) is 21.9 Å². The highest BCUT2D eigenvalue weighted by atomic mass is 32.2. The predicted octanol–water partition coefficient (Wildman–Crippen LogP) is 1.75. The summed E-state index contributed by atoms with van der Waals surface area (Å²) >= 11 is 0. The Kier molecular flexibility index (Phi) is 3.20. The van der Waals surface area contributed by atoms with Gasteiger partial charge in [0.25, 0.3) is 0 Å². The molecule has 1 aliphatic heterocycles. The molecule has 6 heteroatoms. The first-order chi connectivity index (χ1) is 9.50. The highest BCUT2D eigenvalue weighted by Gasteiger charge is 2.36. The van der Waals surface area contributed by atoms with Crippen molar-refractivity contribution in [2.24, 2.45) is 5.92 Å². The summed E-state index contributed by atoms with van der Waals surface area (Å²) in [6.45, 7) is 2.31. The molecule has 1 saturated carbocycles. The fourth-order valence-corrected chi connectivity index (χ4v) is 3.13. The van der Waals surface area contributed by atoms with Crippen molar-refractivity contribution in [2.45, 2.75) is 26.2 Å². The van der Waals surface area contributed by atoms with Crippen LogP contribution in [0.3, 0.4) is 0 Å². The van der Waals surface area contributed by atoms with Crippen molar-refractivity contribution >= 4 is 27.3 Å². The summed E-state index contributed by atoms with van der Waals surface area (Å²) in [6.07, 6.45) is 2.79. The largest absolute Gasteiger partial charge is 0.312 e. The number of rotatable bonds is 4. The van der Waals surface area contributed by atoms with E-state index in [4.69, 9.17) is 0 Å². The minimum atomic E-state index is -3.25. The number of hydrogen-bond acceptors (Lipinski definition) is 3. The maximum absolute atomic E-state index is 12.1. The van der Waals surface area contributed by atoms with Crippen molar-refractivity contribution in [1.82, 2.24) is 0 Å². The minimum absolute atomic E-state index is 0.0520. The van der Waals surface area contributed by atoms with E-state index in [2.05, 4.69) is 4.72 Å². The van der Waals surface area contributed by atoms with Crippen LogP contribution < -0.4 is 9.62 Å². The van der Waals surface area contributed by atoms with Crippen LogP contribution in [0.2, 0.25) is 0 Å². The monoisotopic (exact) mass is 294 g/mol. The van der Waals surface area contributed by atoms with Crippen LogP contribution in [-0.2, 0) is 21.2 Å². The lowest BCUT2D eigenvalue weighted by Gasteiger charge is -2.17. The summed E-state index contributed by atoms with van der Waals surface area (Å²) in [5.41, 5.74) is 2.54. The van der Waals surface area contributed by atoms with Crippen molar-refractivity contribution in [3.8, 4) is 0 Å². The Morgan fingerprint density at radius 1 is 1.40 bits per heavy atom. The molecule has 0 saturated heterocycles. The summed E-state index contributed by atoms with van der Waals surface area (Å²) < 4.78 is 25.7. The first-order valence-corrected chi connectivity index (χ1v) is 8.60. The first-order valence-electron chi connectivity index (χ1n) is 6.95. The second-order valence-corrected chi connectivity index (χ2v) is 7.37. The van der Waals surface area contributed by atoms with Gasteiger partial charge in [-0.05, 0) is 49.9 Å². The van der Waals surface area contributed by atoms with E-state index in [1.54, 1.807) is 13.0 Å². The Morgan fingerprint density at radius 3 is 2.80 bits per heavy atom. The van der Waals surface area contributed by atoms with Gasteiger partial charge in [-0.15, -0.1) is 0 Å². The van der Waals surface area contributed by atoms with Crippen molar-refractivity contribution in [3.63, 3.8) is 0 Å². The summed E-state index contributed by atoms with van der Waals surface area (Å²) in [6, 6.07) is 5.41. The predicted molar refractivity (Wildman–Crippen MR) is 78.3 cm³/mol. The zero-order valence-electron chi connectivity index (χ0n) is 11.4. The molecule has 1 aromatic carbocycles. The van der Waals surface area contributed by atoms with Gasteiger partial charge in [0, 0.05) is 23.8 Å². The number of sulfonamides is 1. The fourth-order valence-electron chi connectivity index (χ4n) is 2.50. The highest BCUT2D eigenvalue weighted by molar-refractivity contribution is 7.92. The molecule has 0 atom stereocenters. The average molecular weight is 294 g/mol. The number of benzene rings is 1. The number of nitrogens with zero attached hydrogens (tertiary/aromatic N) is 1. The molecule has 0 radical (unpaired) electrons. The summed E-state index contributed by atoms with van der Waals surface area (Å²) in [5.74, 6) is 0.473. The molecule has 2 aliphatic rings. The molecule has 5 nitrogen and oxygen atoms in total. The number of carbonyl (C=O) groups excluding carboxylic acids is 1. The van der Waals surface area contributed by atoms with E-state index in [1.165, 1.54) is 0 Å². The average Bonchev–Trinajstić information content (AvgIpc) is 3.18. The molecular formula is C14H18N2O3S. The van der Waals surface area contributed by atoms with Crippen LogP contribution in [0.1, 0.15) is 25.3 Å². The van der Waals surface area contributed by atoms with E-state index >= 15 is 0 Å². The third-order valence-electron chi connectivity index (χ3n) is 3.82. The Balaban J connectivity index is 1.82. The van der Waals surface area contributed by atoms with Gasteiger partial charge in [-0.1, -0.05) is 0 Å². The Hall–Kier alpha value is -1.56. The van der Waals surface area contributed by atoms with E-state index in [1.807, 2.05) is 17.0 Å². The smallest absolute Gasteiger partial charge is 0.232 e. The Bertz CT molecular complexity index is 650. The van der Waals surface area contributed by atoms with E-state index in [0.717, 1.165) is 30.5 Å². The Morgan fingerprint density at radius 2 is 2.15 bits per heavy atom. The molecule has 0 aromatic heterocycles. The number of anilines is 2. The van der Waals surface area contributed by atoms with Crippen LogP contribution in [0, 0.1) is 5.92 Å². The van der Waals surface area contributed by atoms with E-state index in [-0.39, 0.29) is 17.6 Å². The number of carbonyl (C=O) groups is 1.